The van der Waals surface area contributed by atoms with E-state index in [4.69, 9.17) is 22.1 Å². The number of aromatic amines is 1. The van der Waals surface area contributed by atoms with Crippen molar-refractivity contribution in [2.75, 3.05) is 33.2 Å². The van der Waals surface area contributed by atoms with Crippen molar-refractivity contribution in [1.82, 2.24) is 9.97 Å². The maximum absolute atomic E-state index is 11.1. The van der Waals surface area contributed by atoms with Crippen LogP contribution in [0.5, 0.6) is 11.5 Å². The van der Waals surface area contributed by atoms with Gasteiger partial charge in [0.05, 0.1) is 35.4 Å². The molecule has 27 heavy (non-hydrogen) atoms. The summed E-state index contributed by atoms with van der Waals surface area (Å²) in [5, 5.41) is 10.7. The number of benzene rings is 2. The molecule has 1 heterocycles. The second-order valence-corrected chi connectivity index (χ2v) is 6.66. The monoisotopic (exact) mass is 388 g/mol. The van der Waals surface area contributed by atoms with Crippen LogP contribution in [0.4, 0.5) is 11.4 Å². The van der Waals surface area contributed by atoms with Crippen LogP contribution in [0.2, 0.25) is 0 Å². The highest BCUT2D eigenvalue weighted by Gasteiger charge is 2.21. The zero-order chi connectivity index (χ0) is 19.7. The summed E-state index contributed by atoms with van der Waals surface area (Å²) in [4.78, 5) is 20.4. The topological polar surface area (TPSA) is 93.5 Å². The zero-order valence-corrected chi connectivity index (χ0v) is 16.3. The van der Waals surface area contributed by atoms with Gasteiger partial charge in [-0.25, -0.2) is 4.98 Å². The van der Waals surface area contributed by atoms with Crippen molar-refractivity contribution >= 4 is 35.0 Å². The molecule has 3 rings (SSSR count). The van der Waals surface area contributed by atoms with Gasteiger partial charge in [0.1, 0.15) is 5.82 Å². The molecular weight excluding hydrogens is 368 g/mol. The predicted molar refractivity (Wildman–Crippen MR) is 107 cm³/mol. The van der Waals surface area contributed by atoms with E-state index in [-0.39, 0.29) is 5.69 Å². The number of rotatable bonds is 6. The van der Waals surface area contributed by atoms with Crippen molar-refractivity contribution in [3.8, 4) is 11.5 Å². The highest BCUT2D eigenvalue weighted by atomic mass is 32.1. The van der Waals surface area contributed by atoms with Crippen molar-refractivity contribution in [3.63, 3.8) is 0 Å². The van der Waals surface area contributed by atoms with Crippen LogP contribution in [-0.4, -0.2) is 43.2 Å². The number of nitrogens with zero attached hydrogens (tertiary/aromatic N) is 3. The van der Waals surface area contributed by atoms with Gasteiger partial charge in [0, 0.05) is 44.0 Å². The van der Waals surface area contributed by atoms with E-state index in [0.717, 1.165) is 16.6 Å². The molecule has 0 fully saturated rings. The van der Waals surface area contributed by atoms with E-state index in [2.05, 4.69) is 9.97 Å². The first kappa shape index (κ1) is 18.8. The lowest BCUT2D eigenvalue weighted by atomic mass is 10.1. The molecule has 0 amide bonds. The number of anilines is 1. The van der Waals surface area contributed by atoms with Gasteiger partial charge >= 0.3 is 0 Å². The number of hydrogen-bond acceptors (Lipinski definition) is 7. The molecule has 3 aromatic rings. The van der Waals surface area contributed by atoms with Crippen LogP contribution >= 0.6 is 12.6 Å². The minimum absolute atomic E-state index is 0.0297. The third-order valence-electron chi connectivity index (χ3n) is 4.27. The summed E-state index contributed by atoms with van der Waals surface area (Å²) in [6.07, 6.45) is 0. The van der Waals surface area contributed by atoms with Gasteiger partial charge in [-0.05, 0) is 11.6 Å². The predicted octanol–water partition coefficient (Wildman–Crippen LogP) is 3.57. The molecule has 1 atom stereocenters. The van der Waals surface area contributed by atoms with E-state index in [0.29, 0.717) is 23.0 Å². The van der Waals surface area contributed by atoms with E-state index >= 15 is 0 Å². The molecule has 0 spiro atoms. The van der Waals surface area contributed by atoms with Gasteiger partial charge in [0.25, 0.3) is 5.69 Å². The van der Waals surface area contributed by atoms with Crippen LogP contribution in [0.1, 0.15) is 16.6 Å². The Morgan fingerprint density at radius 1 is 1.19 bits per heavy atom. The molecule has 0 saturated carbocycles. The van der Waals surface area contributed by atoms with Crippen molar-refractivity contribution in [3.05, 3.63) is 51.8 Å². The Morgan fingerprint density at radius 2 is 1.85 bits per heavy atom. The summed E-state index contributed by atoms with van der Waals surface area (Å²) in [7, 11) is 6.80. The van der Waals surface area contributed by atoms with Gasteiger partial charge in [-0.3, -0.25) is 10.1 Å². The van der Waals surface area contributed by atoms with Crippen LogP contribution in [0.25, 0.3) is 11.0 Å². The molecule has 0 aliphatic heterocycles. The van der Waals surface area contributed by atoms with Crippen molar-refractivity contribution in [2.45, 2.75) is 5.25 Å². The minimum Gasteiger partial charge on any atom is -0.493 e. The highest BCUT2D eigenvalue weighted by molar-refractivity contribution is 7.80. The lowest BCUT2D eigenvalue weighted by Crippen LogP contribution is -2.13. The molecule has 8 nitrogen and oxygen atoms in total. The summed E-state index contributed by atoms with van der Waals surface area (Å²) in [6.45, 7) is 0. The number of fused-ring (bicyclic) bond motifs is 1. The Hall–Kier alpha value is -2.94. The van der Waals surface area contributed by atoms with Crippen molar-refractivity contribution in [1.29, 1.82) is 0 Å². The van der Waals surface area contributed by atoms with Crippen LogP contribution in [-0.2, 0) is 0 Å². The highest BCUT2D eigenvalue weighted by Crippen LogP contribution is 2.37. The molecule has 0 bridgehead atoms. The number of imidazole rings is 1. The Labute approximate surface area is 161 Å². The number of nitrogens with one attached hydrogen (secondary N) is 1. The Kier molecular flexibility index (Phi) is 5.13. The fourth-order valence-electron chi connectivity index (χ4n) is 2.90. The summed E-state index contributed by atoms with van der Waals surface area (Å²) in [5.41, 5.74) is 3.05. The van der Waals surface area contributed by atoms with E-state index in [1.807, 2.05) is 25.1 Å². The first-order valence-corrected chi connectivity index (χ1v) is 8.62. The van der Waals surface area contributed by atoms with E-state index < -0.39 is 10.2 Å². The largest absolute Gasteiger partial charge is 0.493 e. The van der Waals surface area contributed by atoms with Crippen LogP contribution in [0.3, 0.4) is 0 Å². The zero-order valence-electron chi connectivity index (χ0n) is 15.4. The number of hydrogen-bond donors (Lipinski definition) is 2. The minimum atomic E-state index is -0.413. The summed E-state index contributed by atoms with van der Waals surface area (Å²) >= 11 is 4.71. The number of thiol groups is 1. The molecule has 1 aromatic heterocycles. The van der Waals surface area contributed by atoms with Gasteiger partial charge in [0.15, 0.2) is 11.5 Å². The molecule has 0 aliphatic rings. The Bertz CT molecular complexity index is 961. The standard InChI is InChI=1S/C18H20N4O4S/c1-21(2)14-7-10(22(23)24)5-6-11(14)17(27)18-19-12-8-15(25-3)16(26-4)9-13(12)20-18/h5-9,17,27H,1-4H3,(H,19,20). The molecule has 2 aromatic carbocycles. The second-order valence-electron chi connectivity index (χ2n) is 6.14. The SMILES string of the molecule is COc1cc2nc(C(S)c3ccc([N+](=O)[O-])cc3N(C)C)[nH]c2cc1OC. The van der Waals surface area contributed by atoms with Gasteiger partial charge < -0.3 is 19.4 Å². The fraction of sp³-hybridized carbons (Fsp3) is 0.278. The summed E-state index contributed by atoms with van der Waals surface area (Å²) < 4.78 is 10.6. The van der Waals surface area contributed by atoms with Crippen LogP contribution in [0.15, 0.2) is 30.3 Å². The number of nitro groups is 1. The molecule has 9 heteroatoms. The number of methoxy groups -OCH3 is 2. The number of ether oxygens (including phenoxy) is 2. The summed E-state index contributed by atoms with van der Waals surface area (Å²) in [6, 6.07) is 8.32. The third-order valence-corrected chi connectivity index (χ3v) is 4.79. The Balaban J connectivity index is 2.07. The molecule has 1 N–H and O–H groups in total. The van der Waals surface area contributed by atoms with E-state index in [1.165, 1.54) is 12.1 Å². The number of non-ortho nitro benzene ring substituents is 1. The molecule has 0 aliphatic carbocycles. The van der Waals surface area contributed by atoms with Crippen molar-refractivity contribution < 1.29 is 14.4 Å². The maximum Gasteiger partial charge on any atom is 0.271 e. The molecule has 142 valence electrons. The van der Waals surface area contributed by atoms with E-state index in [9.17, 15) is 10.1 Å². The van der Waals surface area contributed by atoms with Crippen molar-refractivity contribution in [2.24, 2.45) is 0 Å². The number of H-pyrrole nitrogens is 1. The van der Waals surface area contributed by atoms with Gasteiger partial charge in [-0.1, -0.05) is 0 Å². The lowest BCUT2D eigenvalue weighted by Gasteiger charge is -2.20. The molecule has 0 radical (unpaired) electrons. The molecule has 1 unspecified atom stereocenters. The fourth-order valence-corrected chi connectivity index (χ4v) is 3.24. The number of nitro benzene ring substituents is 1. The average molecular weight is 388 g/mol. The van der Waals surface area contributed by atoms with Gasteiger partial charge in [0.2, 0.25) is 0 Å². The summed E-state index contributed by atoms with van der Waals surface area (Å²) in [5.74, 6) is 1.81. The third kappa shape index (κ3) is 3.50. The second kappa shape index (κ2) is 7.36. The first-order valence-electron chi connectivity index (χ1n) is 8.11. The van der Waals surface area contributed by atoms with Crippen LogP contribution < -0.4 is 14.4 Å². The smallest absolute Gasteiger partial charge is 0.271 e. The quantitative estimate of drug-likeness (QED) is 0.381. The van der Waals surface area contributed by atoms with E-state index in [1.54, 1.807) is 26.4 Å². The average Bonchev–Trinajstić information content (AvgIpc) is 3.08. The molecule has 0 saturated heterocycles. The van der Waals surface area contributed by atoms with Gasteiger partial charge in [-0.2, -0.15) is 12.6 Å². The molecular formula is C18H20N4O4S. The van der Waals surface area contributed by atoms with Gasteiger partial charge in [-0.15, -0.1) is 0 Å². The van der Waals surface area contributed by atoms with Crippen LogP contribution in [0, 0.1) is 10.1 Å². The Morgan fingerprint density at radius 3 is 2.44 bits per heavy atom. The first-order chi connectivity index (χ1) is 12.8. The normalized spacial score (nSPS) is 12.0. The number of aromatic nitrogens is 2. The maximum atomic E-state index is 11.1. The lowest BCUT2D eigenvalue weighted by molar-refractivity contribution is -0.384.